The smallest absolute Gasteiger partial charge is 0.267 e. The number of halogens is 2. The van der Waals surface area contributed by atoms with Crippen molar-refractivity contribution in [3.63, 3.8) is 0 Å². The van der Waals surface area contributed by atoms with E-state index < -0.39 is 28.0 Å². The van der Waals surface area contributed by atoms with Crippen LogP contribution in [-0.2, 0) is 16.6 Å². The topological polar surface area (TPSA) is 82.4 Å². The number of likely N-dealkylation sites (N-methyl/N-ethyl adjacent to an activating group) is 1. The Morgan fingerprint density at radius 2 is 1.79 bits per heavy atom. The maximum atomic E-state index is 14.6. The molecule has 0 radical (unpaired) electrons. The first-order valence-electron chi connectivity index (χ1n) is 8.49. The van der Waals surface area contributed by atoms with Crippen LogP contribution < -0.4 is 4.74 Å². The number of aliphatic hydroxyl groups is 1. The fourth-order valence-electron chi connectivity index (χ4n) is 2.72. The molecule has 1 aliphatic heterocycles. The average molecular weight is 423 g/mol. The van der Waals surface area contributed by atoms with Crippen LogP contribution in [0, 0.1) is 5.82 Å². The minimum atomic E-state index is -4.24. The molecule has 0 aliphatic carbocycles. The van der Waals surface area contributed by atoms with E-state index in [9.17, 15) is 22.3 Å². The first-order chi connectivity index (χ1) is 13.8. The maximum Gasteiger partial charge on any atom is 0.267 e. The van der Waals surface area contributed by atoms with Gasteiger partial charge in [-0.15, -0.1) is 0 Å². The Balaban J connectivity index is 1.91. The Hall–Kier alpha value is -2.98. The number of hydrogen-bond acceptors (Lipinski definition) is 5. The van der Waals surface area contributed by atoms with Gasteiger partial charge in [0.1, 0.15) is 11.6 Å². The van der Waals surface area contributed by atoms with E-state index in [2.05, 4.69) is 4.99 Å². The van der Waals surface area contributed by atoms with Crippen LogP contribution in [-0.4, -0.2) is 49.1 Å². The van der Waals surface area contributed by atoms with Crippen molar-refractivity contribution < 1.29 is 27.0 Å². The molecular formula is C19H19F2N3O4S. The van der Waals surface area contributed by atoms with Crippen LogP contribution in [0.2, 0.25) is 0 Å². The maximum absolute atomic E-state index is 14.6. The van der Waals surface area contributed by atoms with Gasteiger partial charge in [0, 0.05) is 12.6 Å². The number of aliphatic imine (C=N–C) groups is 1. The Morgan fingerprint density at radius 1 is 1.14 bits per heavy atom. The highest BCUT2D eigenvalue weighted by molar-refractivity contribution is 7.89. The first kappa shape index (κ1) is 20.7. The van der Waals surface area contributed by atoms with E-state index in [0.29, 0.717) is 16.3 Å². The summed E-state index contributed by atoms with van der Waals surface area (Å²) in [6.07, 6.45) is -1.08. The molecule has 2 aromatic carbocycles. The Bertz CT molecular complexity index is 1060. The highest BCUT2D eigenvalue weighted by Gasteiger charge is 2.37. The number of aliphatic hydroxyl groups excluding tert-OH is 1. The third kappa shape index (κ3) is 4.08. The minimum absolute atomic E-state index is 0.151. The summed E-state index contributed by atoms with van der Waals surface area (Å²) in [4.78, 5) is 4.80. The molecule has 0 fully saturated rings. The van der Waals surface area contributed by atoms with Crippen molar-refractivity contribution in [2.45, 2.75) is 17.8 Å². The summed E-state index contributed by atoms with van der Waals surface area (Å²) < 4.78 is 59.5. The van der Waals surface area contributed by atoms with Gasteiger partial charge in [0.15, 0.2) is 11.7 Å². The number of amidine groups is 1. The zero-order valence-corrected chi connectivity index (χ0v) is 16.5. The molecule has 0 saturated heterocycles. The molecule has 1 unspecified atom stereocenters. The van der Waals surface area contributed by atoms with Crippen molar-refractivity contribution >= 4 is 15.9 Å². The summed E-state index contributed by atoms with van der Waals surface area (Å²) in [7, 11) is -1.52. The van der Waals surface area contributed by atoms with Gasteiger partial charge in [0.05, 0.1) is 24.7 Å². The molecule has 1 aliphatic rings. The van der Waals surface area contributed by atoms with Crippen molar-refractivity contribution in [2.24, 2.45) is 4.99 Å². The third-order valence-electron chi connectivity index (χ3n) is 4.35. The second kappa shape index (κ2) is 8.18. The molecule has 2 aromatic rings. The number of benzene rings is 2. The molecule has 154 valence electrons. The van der Waals surface area contributed by atoms with E-state index in [4.69, 9.17) is 4.74 Å². The van der Waals surface area contributed by atoms with Crippen LogP contribution in [0.25, 0.3) is 0 Å². The van der Waals surface area contributed by atoms with Gasteiger partial charge in [-0.25, -0.2) is 21.5 Å². The summed E-state index contributed by atoms with van der Waals surface area (Å²) in [5.74, 6) is -1.32. The van der Waals surface area contributed by atoms with E-state index in [0.717, 1.165) is 4.90 Å². The SMILES string of the molecule is COc1ccc(S(=O)(=O)N2C=C(F)/C(=N\Cc3ccccc3F)N(C)C2O)cc1. The molecule has 3 rings (SSSR count). The zero-order chi connectivity index (χ0) is 21.2. The lowest BCUT2D eigenvalue weighted by molar-refractivity contribution is -0.00999. The number of sulfonamides is 1. The number of ether oxygens (including phenoxy) is 1. The molecule has 0 amide bonds. The summed E-state index contributed by atoms with van der Waals surface area (Å²) in [6, 6.07) is 11.3. The summed E-state index contributed by atoms with van der Waals surface area (Å²) in [5, 5.41) is 10.5. The highest BCUT2D eigenvalue weighted by atomic mass is 32.2. The van der Waals surface area contributed by atoms with Crippen LogP contribution >= 0.6 is 0 Å². The fraction of sp³-hybridized carbons (Fsp3) is 0.211. The predicted octanol–water partition coefficient (Wildman–Crippen LogP) is 2.46. The normalized spacial score (nSPS) is 18.7. The second-order valence-corrected chi connectivity index (χ2v) is 8.02. The van der Waals surface area contributed by atoms with Crippen LogP contribution in [0.3, 0.4) is 0 Å². The van der Waals surface area contributed by atoms with Crippen molar-refractivity contribution in [3.8, 4) is 5.75 Å². The number of nitrogens with zero attached hydrogens (tertiary/aromatic N) is 3. The quantitative estimate of drug-likeness (QED) is 0.799. The zero-order valence-electron chi connectivity index (χ0n) is 15.7. The molecule has 10 heteroatoms. The summed E-state index contributed by atoms with van der Waals surface area (Å²) >= 11 is 0. The molecule has 0 aromatic heterocycles. The van der Waals surface area contributed by atoms with E-state index in [1.807, 2.05) is 0 Å². The van der Waals surface area contributed by atoms with Gasteiger partial charge in [-0.2, -0.15) is 0 Å². The second-order valence-electron chi connectivity index (χ2n) is 6.18. The Kier molecular flexibility index (Phi) is 5.85. The van der Waals surface area contributed by atoms with E-state index in [1.54, 1.807) is 6.07 Å². The largest absolute Gasteiger partial charge is 0.497 e. The highest BCUT2D eigenvalue weighted by Crippen LogP contribution is 2.27. The van der Waals surface area contributed by atoms with Crippen molar-refractivity contribution in [1.29, 1.82) is 0 Å². The van der Waals surface area contributed by atoms with Gasteiger partial charge in [-0.1, -0.05) is 18.2 Å². The third-order valence-corrected chi connectivity index (χ3v) is 6.07. The molecular weight excluding hydrogens is 404 g/mol. The summed E-state index contributed by atoms with van der Waals surface area (Å²) in [6.45, 7) is -0.175. The lowest BCUT2D eigenvalue weighted by atomic mass is 10.2. The van der Waals surface area contributed by atoms with Crippen LogP contribution in [0.4, 0.5) is 8.78 Å². The lowest BCUT2D eigenvalue weighted by Gasteiger charge is -2.37. The van der Waals surface area contributed by atoms with Crippen molar-refractivity contribution in [2.75, 3.05) is 14.2 Å². The van der Waals surface area contributed by atoms with Crippen LogP contribution in [0.1, 0.15) is 5.56 Å². The van der Waals surface area contributed by atoms with Gasteiger partial charge in [0.2, 0.25) is 6.35 Å². The number of hydrogen-bond donors (Lipinski definition) is 1. The van der Waals surface area contributed by atoms with E-state index >= 15 is 0 Å². The van der Waals surface area contributed by atoms with E-state index in [-0.39, 0.29) is 22.8 Å². The van der Waals surface area contributed by atoms with E-state index in [1.165, 1.54) is 56.6 Å². The Labute approximate surface area is 167 Å². The molecule has 0 saturated carbocycles. The number of rotatable bonds is 5. The molecule has 0 bridgehead atoms. The molecule has 1 heterocycles. The molecule has 1 N–H and O–H groups in total. The average Bonchev–Trinajstić information content (AvgIpc) is 2.71. The Morgan fingerprint density at radius 3 is 2.41 bits per heavy atom. The first-order valence-corrected chi connectivity index (χ1v) is 9.93. The fourth-order valence-corrected chi connectivity index (χ4v) is 4.07. The van der Waals surface area contributed by atoms with Crippen LogP contribution in [0.5, 0.6) is 5.75 Å². The number of methoxy groups -OCH3 is 1. The molecule has 29 heavy (non-hydrogen) atoms. The van der Waals surface area contributed by atoms with Crippen molar-refractivity contribution in [3.05, 3.63) is 71.9 Å². The van der Waals surface area contributed by atoms with Gasteiger partial charge in [0.25, 0.3) is 10.0 Å². The monoisotopic (exact) mass is 423 g/mol. The predicted molar refractivity (Wildman–Crippen MR) is 103 cm³/mol. The van der Waals surface area contributed by atoms with Gasteiger partial charge in [-0.3, -0.25) is 4.99 Å². The van der Waals surface area contributed by atoms with Crippen molar-refractivity contribution in [1.82, 2.24) is 9.21 Å². The summed E-state index contributed by atoms with van der Waals surface area (Å²) in [5.41, 5.74) is 0.240. The van der Waals surface area contributed by atoms with Gasteiger partial charge in [-0.05, 0) is 30.3 Å². The molecule has 0 spiro atoms. The minimum Gasteiger partial charge on any atom is -0.497 e. The molecule has 7 nitrogen and oxygen atoms in total. The lowest BCUT2D eigenvalue weighted by Crippen LogP contribution is -2.52. The molecule has 1 atom stereocenters. The van der Waals surface area contributed by atoms with Gasteiger partial charge < -0.3 is 14.7 Å². The van der Waals surface area contributed by atoms with Gasteiger partial charge >= 0.3 is 0 Å². The van der Waals surface area contributed by atoms with Crippen LogP contribution in [0.15, 0.2) is 70.4 Å². The standard InChI is InChI=1S/C19H19F2N3O4S/c1-23-18(22-11-13-5-3-4-6-16(13)20)17(21)12-24(19(23)25)29(26,27)15-9-7-14(28-2)8-10-15/h3-10,12,19,25H,11H2,1-2H3/b22-18+.